The summed E-state index contributed by atoms with van der Waals surface area (Å²) in [7, 11) is 0. The van der Waals surface area contributed by atoms with Crippen molar-refractivity contribution in [1.82, 2.24) is 9.78 Å². The topological polar surface area (TPSA) is 38.0 Å². The SMILES string of the molecule is CCn1nc(C)c(Cl)c1CC(O)CC1CCSCC1. The Morgan fingerprint density at radius 1 is 1.47 bits per heavy atom. The molecule has 19 heavy (non-hydrogen) atoms. The molecule has 1 atom stereocenters. The average Bonchev–Trinajstić information content (AvgIpc) is 2.67. The maximum Gasteiger partial charge on any atom is 0.0848 e. The molecule has 3 nitrogen and oxygen atoms in total. The van der Waals surface area contributed by atoms with E-state index in [9.17, 15) is 5.11 Å². The Balaban J connectivity index is 1.96. The number of thioether (sulfide) groups is 1. The summed E-state index contributed by atoms with van der Waals surface area (Å²) in [5, 5.41) is 15.4. The normalized spacial score (nSPS) is 18.7. The van der Waals surface area contributed by atoms with Crippen LogP contribution in [0.2, 0.25) is 5.02 Å². The highest BCUT2D eigenvalue weighted by atomic mass is 35.5. The number of halogens is 1. The van der Waals surface area contributed by atoms with Gasteiger partial charge in [0.1, 0.15) is 0 Å². The lowest BCUT2D eigenvalue weighted by Crippen LogP contribution is -2.21. The molecule has 1 aromatic heterocycles. The zero-order valence-corrected chi connectivity index (χ0v) is 13.3. The van der Waals surface area contributed by atoms with E-state index in [0.29, 0.717) is 12.3 Å². The second-order valence-electron chi connectivity index (χ2n) is 5.31. The fourth-order valence-corrected chi connectivity index (χ4v) is 4.15. The first-order valence-corrected chi connectivity index (χ1v) is 8.62. The summed E-state index contributed by atoms with van der Waals surface area (Å²) >= 11 is 8.31. The van der Waals surface area contributed by atoms with Gasteiger partial charge in [0.05, 0.1) is 22.5 Å². The van der Waals surface area contributed by atoms with E-state index in [-0.39, 0.29) is 6.10 Å². The van der Waals surface area contributed by atoms with Crippen LogP contribution in [0.15, 0.2) is 0 Å². The molecular formula is C14H23ClN2OS. The molecule has 1 N–H and O–H groups in total. The van der Waals surface area contributed by atoms with Crippen LogP contribution in [0.5, 0.6) is 0 Å². The monoisotopic (exact) mass is 302 g/mol. The predicted octanol–water partition coefficient (Wildman–Crippen LogP) is 3.30. The van der Waals surface area contributed by atoms with E-state index in [4.69, 9.17) is 11.6 Å². The highest BCUT2D eigenvalue weighted by Crippen LogP contribution is 2.28. The molecule has 0 bridgehead atoms. The van der Waals surface area contributed by atoms with Gasteiger partial charge < -0.3 is 5.11 Å². The second kappa shape index (κ2) is 7.00. The van der Waals surface area contributed by atoms with E-state index in [1.165, 1.54) is 24.3 Å². The maximum absolute atomic E-state index is 10.3. The zero-order valence-electron chi connectivity index (χ0n) is 11.7. The molecule has 1 aliphatic heterocycles. The van der Waals surface area contributed by atoms with Gasteiger partial charge in [-0.1, -0.05) is 11.6 Å². The van der Waals surface area contributed by atoms with Gasteiger partial charge in [0.25, 0.3) is 0 Å². The van der Waals surface area contributed by atoms with Gasteiger partial charge in [-0.25, -0.2) is 0 Å². The van der Waals surface area contributed by atoms with Gasteiger partial charge in [0.15, 0.2) is 0 Å². The minimum absolute atomic E-state index is 0.299. The van der Waals surface area contributed by atoms with E-state index in [2.05, 4.69) is 12.0 Å². The smallest absolute Gasteiger partial charge is 0.0848 e. The Kier molecular flexibility index (Phi) is 5.60. The van der Waals surface area contributed by atoms with E-state index < -0.39 is 0 Å². The van der Waals surface area contributed by atoms with E-state index in [0.717, 1.165) is 29.4 Å². The molecule has 108 valence electrons. The number of hydrogen-bond donors (Lipinski definition) is 1. The van der Waals surface area contributed by atoms with Crippen molar-refractivity contribution in [3.63, 3.8) is 0 Å². The highest BCUT2D eigenvalue weighted by Gasteiger charge is 2.21. The number of aliphatic hydroxyl groups excluding tert-OH is 1. The third-order valence-electron chi connectivity index (χ3n) is 3.83. The molecule has 0 amide bonds. The Labute approximate surface area is 124 Å². The quantitative estimate of drug-likeness (QED) is 0.907. The maximum atomic E-state index is 10.3. The Morgan fingerprint density at radius 2 is 2.16 bits per heavy atom. The van der Waals surface area contributed by atoms with Crippen LogP contribution in [0.25, 0.3) is 0 Å². The summed E-state index contributed by atoms with van der Waals surface area (Å²) < 4.78 is 1.91. The first-order chi connectivity index (χ1) is 9.11. The van der Waals surface area contributed by atoms with Gasteiger partial charge in [-0.2, -0.15) is 16.9 Å². The van der Waals surface area contributed by atoms with Crippen LogP contribution in [0.3, 0.4) is 0 Å². The van der Waals surface area contributed by atoms with Crippen molar-refractivity contribution in [1.29, 1.82) is 0 Å². The molecule has 1 saturated heterocycles. The van der Waals surface area contributed by atoms with Crippen molar-refractivity contribution < 1.29 is 5.11 Å². The minimum Gasteiger partial charge on any atom is -0.393 e. The summed E-state index contributed by atoms with van der Waals surface area (Å²) in [6.07, 6.45) is 3.69. The Bertz CT molecular complexity index is 416. The second-order valence-corrected chi connectivity index (χ2v) is 6.91. The summed E-state index contributed by atoms with van der Waals surface area (Å²) in [6.45, 7) is 4.77. The number of aliphatic hydroxyl groups is 1. The standard InChI is InChI=1S/C14H23ClN2OS/c1-3-17-13(14(15)10(2)16-17)9-12(18)8-11-4-6-19-7-5-11/h11-12,18H,3-9H2,1-2H3. The molecule has 0 radical (unpaired) electrons. The van der Waals surface area contributed by atoms with Crippen molar-refractivity contribution in [3.05, 3.63) is 16.4 Å². The molecule has 1 aliphatic rings. The van der Waals surface area contributed by atoms with Crippen molar-refractivity contribution in [2.75, 3.05) is 11.5 Å². The zero-order chi connectivity index (χ0) is 13.8. The van der Waals surface area contributed by atoms with Gasteiger partial charge >= 0.3 is 0 Å². The summed E-state index contributed by atoms with van der Waals surface area (Å²) in [4.78, 5) is 0. The molecule has 1 aromatic rings. The first kappa shape index (κ1) is 15.2. The number of aromatic nitrogens is 2. The molecule has 0 saturated carbocycles. The average molecular weight is 303 g/mol. The van der Waals surface area contributed by atoms with Crippen LogP contribution in [-0.2, 0) is 13.0 Å². The predicted molar refractivity (Wildman–Crippen MR) is 82.0 cm³/mol. The van der Waals surface area contributed by atoms with Crippen molar-refractivity contribution in [2.24, 2.45) is 5.92 Å². The van der Waals surface area contributed by atoms with Crippen molar-refractivity contribution >= 4 is 23.4 Å². The third kappa shape index (κ3) is 3.89. The number of nitrogens with zero attached hydrogens (tertiary/aromatic N) is 2. The molecule has 5 heteroatoms. The molecule has 2 rings (SSSR count). The van der Waals surface area contributed by atoms with Crippen LogP contribution in [0.1, 0.15) is 37.6 Å². The highest BCUT2D eigenvalue weighted by molar-refractivity contribution is 7.99. The fourth-order valence-electron chi connectivity index (χ4n) is 2.74. The lowest BCUT2D eigenvalue weighted by molar-refractivity contribution is 0.137. The molecule has 1 fully saturated rings. The van der Waals surface area contributed by atoms with Crippen LogP contribution in [-0.4, -0.2) is 32.5 Å². The Hall–Kier alpha value is -0.190. The third-order valence-corrected chi connectivity index (χ3v) is 5.37. The van der Waals surface area contributed by atoms with Crippen LogP contribution < -0.4 is 0 Å². The number of hydrogen-bond acceptors (Lipinski definition) is 3. The number of rotatable bonds is 5. The van der Waals surface area contributed by atoms with Crippen molar-refractivity contribution in [2.45, 2.75) is 52.2 Å². The molecule has 2 heterocycles. The van der Waals surface area contributed by atoms with Gasteiger partial charge in [0.2, 0.25) is 0 Å². The van der Waals surface area contributed by atoms with Crippen LogP contribution in [0.4, 0.5) is 0 Å². The minimum atomic E-state index is -0.299. The summed E-state index contributed by atoms with van der Waals surface area (Å²) in [5.74, 6) is 3.16. The van der Waals surface area contributed by atoms with E-state index in [1.807, 2.05) is 23.4 Å². The molecule has 0 aromatic carbocycles. The van der Waals surface area contributed by atoms with E-state index >= 15 is 0 Å². The molecular weight excluding hydrogens is 280 g/mol. The van der Waals surface area contributed by atoms with Crippen LogP contribution in [0, 0.1) is 12.8 Å². The largest absolute Gasteiger partial charge is 0.393 e. The van der Waals surface area contributed by atoms with E-state index in [1.54, 1.807) is 0 Å². The molecule has 1 unspecified atom stereocenters. The first-order valence-electron chi connectivity index (χ1n) is 7.09. The lowest BCUT2D eigenvalue weighted by Gasteiger charge is -2.23. The van der Waals surface area contributed by atoms with Gasteiger partial charge in [-0.15, -0.1) is 0 Å². The summed E-state index contributed by atoms with van der Waals surface area (Å²) in [5.41, 5.74) is 1.85. The molecule has 0 aliphatic carbocycles. The Morgan fingerprint density at radius 3 is 2.79 bits per heavy atom. The van der Waals surface area contributed by atoms with Gasteiger partial charge in [-0.05, 0) is 50.5 Å². The lowest BCUT2D eigenvalue weighted by atomic mass is 9.94. The van der Waals surface area contributed by atoms with Gasteiger partial charge in [0, 0.05) is 13.0 Å². The fraction of sp³-hybridized carbons (Fsp3) is 0.786. The van der Waals surface area contributed by atoms with Gasteiger partial charge in [-0.3, -0.25) is 4.68 Å². The van der Waals surface area contributed by atoms with Crippen molar-refractivity contribution in [3.8, 4) is 0 Å². The van der Waals surface area contributed by atoms with Crippen LogP contribution >= 0.6 is 23.4 Å². The summed E-state index contributed by atoms with van der Waals surface area (Å²) in [6, 6.07) is 0. The molecule has 0 spiro atoms. The number of aryl methyl sites for hydroxylation is 2.